The van der Waals surface area contributed by atoms with Crippen LogP contribution in [0.4, 0.5) is 0 Å². The predicted octanol–water partition coefficient (Wildman–Crippen LogP) is 2.05. The van der Waals surface area contributed by atoms with Crippen LogP contribution in [0.3, 0.4) is 0 Å². The number of para-hydroxylation sites is 1. The zero-order valence-corrected chi connectivity index (χ0v) is 14.6. The van der Waals surface area contributed by atoms with Crippen molar-refractivity contribution in [2.75, 3.05) is 13.7 Å². The molecule has 2 aromatic rings. The van der Waals surface area contributed by atoms with Gasteiger partial charge in [-0.15, -0.1) is 0 Å². The minimum atomic E-state index is -0.0617. The van der Waals surface area contributed by atoms with E-state index in [0.717, 1.165) is 23.4 Å². The average Bonchev–Trinajstić information content (AvgIpc) is 3.06. The van der Waals surface area contributed by atoms with E-state index in [0.29, 0.717) is 13.0 Å². The van der Waals surface area contributed by atoms with E-state index in [1.807, 2.05) is 48.2 Å². The number of imidazole rings is 1. The van der Waals surface area contributed by atoms with Crippen LogP contribution in [0, 0.1) is 0 Å². The lowest BCUT2D eigenvalue weighted by Gasteiger charge is -2.32. The maximum atomic E-state index is 11.8. The summed E-state index contributed by atoms with van der Waals surface area (Å²) in [6, 6.07) is 8.03. The molecule has 2 heterocycles. The Balaban J connectivity index is 1.64. The second kappa shape index (κ2) is 7.98. The first-order valence-electron chi connectivity index (χ1n) is 8.47. The van der Waals surface area contributed by atoms with E-state index in [9.17, 15) is 4.79 Å². The number of amides is 1. The number of nitrogens with one attached hydrogen (secondary N) is 2. The number of carbonyl (C=O) groups excluding carboxylic acids is 1. The maximum absolute atomic E-state index is 11.8. The Morgan fingerprint density at radius 2 is 2.28 bits per heavy atom. The molecule has 0 spiro atoms. The Labute approximate surface area is 147 Å². The van der Waals surface area contributed by atoms with Gasteiger partial charge in [-0.2, -0.15) is 0 Å². The van der Waals surface area contributed by atoms with Gasteiger partial charge in [-0.1, -0.05) is 30.4 Å². The van der Waals surface area contributed by atoms with Crippen LogP contribution in [0.25, 0.3) is 6.08 Å². The van der Waals surface area contributed by atoms with E-state index in [1.54, 1.807) is 13.4 Å². The van der Waals surface area contributed by atoms with Crippen molar-refractivity contribution in [3.63, 3.8) is 0 Å². The lowest BCUT2D eigenvalue weighted by Crippen LogP contribution is -2.49. The van der Waals surface area contributed by atoms with Gasteiger partial charge in [0.2, 0.25) is 5.91 Å². The molecule has 2 N–H and O–H groups in total. The molecule has 3 rings (SSSR count). The van der Waals surface area contributed by atoms with E-state index < -0.39 is 0 Å². The van der Waals surface area contributed by atoms with Gasteiger partial charge in [-0.05, 0) is 12.5 Å². The van der Waals surface area contributed by atoms with Gasteiger partial charge in [-0.3, -0.25) is 4.79 Å². The molecule has 2 atom stereocenters. The van der Waals surface area contributed by atoms with Gasteiger partial charge in [0.05, 0.1) is 31.4 Å². The van der Waals surface area contributed by atoms with Crippen molar-refractivity contribution in [2.24, 2.45) is 7.05 Å². The summed E-state index contributed by atoms with van der Waals surface area (Å²) in [5.74, 6) is 0.949. The van der Waals surface area contributed by atoms with Gasteiger partial charge in [0.15, 0.2) is 0 Å². The molecule has 1 amide bonds. The topological polar surface area (TPSA) is 68.2 Å². The molecule has 0 aliphatic carbocycles. The third-order valence-corrected chi connectivity index (χ3v) is 4.51. The third kappa shape index (κ3) is 4.09. The van der Waals surface area contributed by atoms with Crippen molar-refractivity contribution in [3.8, 4) is 5.75 Å². The number of hydrogen-bond acceptors (Lipinski definition) is 4. The third-order valence-electron chi connectivity index (χ3n) is 4.51. The lowest BCUT2D eigenvalue weighted by atomic mass is 9.95. The molecule has 0 unspecified atom stereocenters. The van der Waals surface area contributed by atoms with Crippen LogP contribution >= 0.6 is 0 Å². The van der Waals surface area contributed by atoms with Crippen molar-refractivity contribution >= 4 is 12.0 Å². The van der Waals surface area contributed by atoms with Crippen molar-refractivity contribution in [3.05, 3.63) is 54.1 Å². The molecular formula is C19H24N4O2. The Morgan fingerprint density at radius 1 is 1.44 bits per heavy atom. The molecule has 6 nitrogen and oxygen atoms in total. The average molecular weight is 340 g/mol. The molecule has 1 aliphatic rings. The van der Waals surface area contributed by atoms with Crippen LogP contribution < -0.4 is 15.4 Å². The van der Waals surface area contributed by atoms with Gasteiger partial charge >= 0.3 is 0 Å². The van der Waals surface area contributed by atoms with E-state index in [2.05, 4.69) is 21.7 Å². The standard InChI is InChI=1S/C19H24N4O2/c1-23-13-20-12-16(23)19-15(9-10-18(24)22-19)21-11-5-7-14-6-3-4-8-17(14)25-2/h3-8,12-13,15,19,21H,9-11H2,1-2H3,(H,22,24)/b7-5+/t15-,19-/m1/s1. The Bertz CT molecular complexity index is 753. The molecule has 132 valence electrons. The molecule has 0 radical (unpaired) electrons. The van der Waals surface area contributed by atoms with Gasteiger partial charge in [-0.25, -0.2) is 4.98 Å². The minimum absolute atomic E-state index is 0.0617. The van der Waals surface area contributed by atoms with E-state index in [4.69, 9.17) is 4.74 Å². The van der Waals surface area contributed by atoms with Gasteiger partial charge < -0.3 is 19.9 Å². The van der Waals surface area contributed by atoms with Gasteiger partial charge in [0.25, 0.3) is 0 Å². The summed E-state index contributed by atoms with van der Waals surface area (Å²) in [4.78, 5) is 16.0. The van der Waals surface area contributed by atoms with Gasteiger partial charge in [0, 0.05) is 31.6 Å². The number of piperidine rings is 1. The molecule has 1 saturated heterocycles. The maximum Gasteiger partial charge on any atom is 0.220 e. The van der Waals surface area contributed by atoms with Crippen LogP contribution in [-0.2, 0) is 11.8 Å². The molecular weight excluding hydrogens is 316 g/mol. The monoisotopic (exact) mass is 340 g/mol. The second-order valence-corrected chi connectivity index (χ2v) is 6.17. The Kier molecular flexibility index (Phi) is 5.50. The quantitative estimate of drug-likeness (QED) is 0.844. The van der Waals surface area contributed by atoms with E-state index in [-0.39, 0.29) is 18.0 Å². The number of rotatable bonds is 6. The number of hydrogen-bond donors (Lipinski definition) is 2. The number of nitrogens with zero attached hydrogens (tertiary/aromatic N) is 2. The van der Waals surface area contributed by atoms with Crippen LogP contribution in [-0.4, -0.2) is 35.2 Å². The van der Waals surface area contributed by atoms with Crippen molar-refractivity contribution in [1.29, 1.82) is 0 Å². The molecule has 0 bridgehead atoms. The molecule has 1 aliphatic heterocycles. The van der Waals surface area contributed by atoms with Crippen LogP contribution in [0.2, 0.25) is 0 Å². The fraction of sp³-hybridized carbons (Fsp3) is 0.368. The van der Waals surface area contributed by atoms with Gasteiger partial charge in [0.1, 0.15) is 5.75 Å². The summed E-state index contributed by atoms with van der Waals surface area (Å²) in [6.07, 6.45) is 9.05. The predicted molar refractivity (Wildman–Crippen MR) is 97.1 cm³/mol. The highest BCUT2D eigenvalue weighted by Gasteiger charge is 2.30. The second-order valence-electron chi connectivity index (χ2n) is 6.17. The highest BCUT2D eigenvalue weighted by molar-refractivity contribution is 5.77. The largest absolute Gasteiger partial charge is 0.496 e. The molecule has 1 fully saturated rings. The summed E-state index contributed by atoms with van der Waals surface area (Å²) in [5, 5.41) is 6.61. The number of aromatic nitrogens is 2. The molecule has 1 aromatic heterocycles. The first kappa shape index (κ1) is 17.2. The Hall–Kier alpha value is -2.60. The summed E-state index contributed by atoms with van der Waals surface area (Å²) in [6.45, 7) is 0.715. The fourth-order valence-electron chi connectivity index (χ4n) is 3.18. The number of methoxy groups -OCH3 is 1. The van der Waals surface area contributed by atoms with E-state index >= 15 is 0 Å². The molecule has 0 saturated carbocycles. The van der Waals surface area contributed by atoms with E-state index in [1.165, 1.54) is 0 Å². The molecule has 6 heteroatoms. The van der Waals surface area contributed by atoms with Crippen molar-refractivity contribution < 1.29 is 9.53 Å². The Morgan fingerprint density at radius 3 is 3.04 bits per heavy atom. The fourth-order valence-corrected chi connectivity index (χ4v) is 3.18. The highest BCUT2D eigenvalue weighted by atomic mass is 16.5. The number of carbonyl (C=O) groups is 1. The number of aryl methyl sites for hydroxylation is 1. The number of ether oxygens (including phenoxy) is 1. The first-order valence-corrected chi connectivity index (χ1v) is 8.47. The SMILES string of the molecule is COc1ccccc1/C=C/CN[C@@H]1CCC(=O)N[C@H]1c1cncn1C. The molecule has 25 heavy (non-hydrogen) atoms. The zero-order valence-electron chi connectivity index (χ0n) is 14.6. The highest BCUT2D eigenvalue weighted by Crippen LogP contribution is 2.24. The molecule has 1 aromatic carbocycles. The number of benzene rings is 1. The summed E-state index contributed by atoms with van der Waals surface area (Å²) < 4.78 is 7.31. The summed E-state index contributed by atoms with van der Waals surface area (Å²) >= 11 is 0. The minimum Gasteiger partial charge on any atom is -0.496 e. The smallest absolute Gasteiger partial charge is 0.220 e. The normalized spacial score (nSPS) is 20.6. The van der Waals surface area contributed by atoms with Crippen LogP contribution in [0.15, 0.2) is 42.9 Å². The summed E-state index contributed by atoms with van der Waals surface area (Å²) in [7, 11) is 3.62. The summed E-state index contributed by atoms with van der Waals surface area (Å²) in [5.41, 5.74) is 2.06. The van der Waals surface area contributed by atoms with Crippen molar-refractivity contribution in [2.45, 2.75) is 24.9 Å². The van der Waals surface area contributed by atoms with Crippen LogP contribution in [0.1, 0.15) is 30.1 Å². The lowest BCUT2D eigenvalue weighted by molar-refractivity contribution is -0.124. The van der Waals surface area contributed by atoms with Crippen molar-refractivity contribution in [1.82, 2.24) is 20.2 Å². The first-order chi connectivity index (χ1) is 12.2. The van der Waals surface area contributed by atoms with Crippen LogP contribution in [0.5, 0.6) is 5.75 Å². The zero-order chi connectivity index (χ0) is 17.6.